The Kier molecular flexibility index (Phi) is 4.48. The predicted octanol–water partition coefficient (Wildman–Crippen LogP) is 2.92. The standard InChI is InChI=1S/C21H22N2O4/c1-12-3-5-15(7-13(12)2)23-21(25)17-9-16(17)20(24)22-10-14-4-6-18-19(8-14)27-11-26-18/h3-8,16-17H,9-11H2,1-2H3,(H,22,24)(H,23,25). The molecule has 2 aliphatic rings. The molecule has 0 radical (unpaired) electrons. The van der Waals surface area contributed by atoms with Crippen molar-refractivity contribution in [2.24, 2.45) is 11.8 Å². The summed E-state index contributed by atoms with van der Waals surface area (Å²) in [6, 6.07) is 11.4. The van der Waals surface area contributed by atoms with Crippen LogP contribution in [0.1, 0.15) is 23.1 Å². The summed E-state index contributed by atoms with van der Waals surface area (Å²) in [4.78, 5) is 24.7. The maximum atomic E-state index is 12.4. The lowest BCUT2D eigenvalue weighted by atomic mass is 10.1. The molecule has 6 nitrogen and oxygen atoms in total. The molecule has 140 valence electrons. The van der Waals surface area contributed by atoms with Gasteiger partial charge in [-0.25, -0.2) is 0 Å². The molecule has 1 saturated carbocycles. The number of aryl methyl sites for hydroxylation is 2. The zero-order chi connectivity index (χ0) is 19.0. The fourth-order valence-corrected chi connectivity index (χ4v) is 3.20. The first-order chi connectivity index (χ1) is 13.0. The van der Waals surface area contributed by atoms with Crippen molar-refractivity contribution in [1.29, 1.82) is 0 Å². The predicted molar refractivity (Wildman–Crippen MR) is 101 cm³/mol. The molecule has 2 aromatic rings. The monoisotopic (exact) mass is 366 g/mol. The third-order valence-electron chi connectivity index (χ3n) is 5.14. The number of carbonyl (C=O) groups excluding carboxylic acids is 2. The summed E-state index contributed by atoms with van der Waals surface area (Å²) in [6.07, 6.45) is 0.587. The van der Waals surface area contributed by atoms with Gasteiger partial charge in [0.1, 0.15) is 0 Å². The molecule has 0 aromatic heterocycles. The van der Waals surface area contributed by atoms with Crippen LogP contribution in [0.15, 0.2) is 36.4 Å². The van der Waals surface area contributed by atoms with Crippen molar-refractivity contribution in [3.8, 4) is 11.5 Å². The van der Waals surface area contributed by atoms with Crippen LogP contribution in [0.2, 0.25) is 0 Å². The number of carbonyl (C=O) groups is 2. The van der Waals surface area contributed by atoms with Crippen molar-refractivity contribution in [3.63, 3.8) is 0 Å². The van der Waals surface area contributed by atoms with Crippen LogP contribution in [0.5, 0.6) is 11.5 Å². The fraction of sp³-hybridized carbons (Fsp3) is 0.333. The summed E-state index contributed by atoms with van der Waals surface area (Å²) in [6.45, 7) is 4.67. The van der Waals surface area contributed by atoms with Gasteiger partial charge in [0, 0.05) is 12.2 Å². The highest BCUT2D eigenvalue weighted by Crippen LogP contribution is 2.40. The minimum Gasteiger partial charge on any atom is -0.454 e. The van der Waals surface area contributed by atoms with E-state index in [2.05, 4.69) is 10.6 Å². The Labute approximate surface area is 157 Å². The zero-order valence-electron chi connectivity index (χ0n) is 15.4. The van der Waals surface area contributed by atoms with Crippen molar-refractivity contribution < 1.29 is 19.1 Å². The lowest BCUT2D eigenvalue weighted by molar-refractivity contribution is -0.125. The molecular formula is C21H22N2O4. The average Bonchev–Trinajstić information content (AvgIpc) is 3.33. The zero-order valence-corrected chi connectivity index (χ0v) is 15.4. The van der Waals surface area contributed by atoms with E-state index in [4.69, 9.17) is 9.47 Å². The van der Waals surface area contributed by atoms with Gasteiger partial charge in [-0.2, -0.15) is 0 Å². The first kappa shape index (κ1) is 17.4. The van der Waals surface area contributed by atoms with E-state index in [1.807, 2.05) is 50.2 Å². The summed E-state index contributed by atoms with van der Waals surface area (Å²) in [5, 5.41) is 5.81. The molecule has 2 N–H and O–H groups in total. The van der Waals surface area contributed by atoms with Crippen LogP contribution in [-0.4, -0.2) is 18.6 Å². The number of nitrogens with one attached hydrogen (secondary N) is 2. The molecule has 2 unspecified atom stereocenters. The van der Waals surface area contributed by atoms with Gasteiger partial charge in [0.05, 0.1) is 11.8 Å². The molecule has 0 bridgehead atoms. The van der Waals surface area contributed by atoms with Gasteiger partial charge in [0.25, 0.3) is 0 Å². The summed E-state index contributed by atoms with van der Waals surface area (Å²) >= 11 is 0. The largest absolute Gasteiger partial charge is 0.454 e. The lowest BCUT2D eigenvalue weighted by Gasteiger charge is -2.08. The van der Waals surface area contributed by atoms with Gasteiger partial charge in [-0.15, -0.1) is 0 Å². The molecule has 2 aromatic carbocycles. The van der Waals surface area contributed by atoms with E-state index in [9.17, 15) is 9.59 Å². The highest BCUT2D eigenvalue weighted by molar-refractivity contribution is 5.99. The number of hydrogen-bond acceptors (Lipinski definition) is 4. The Bertz CT molecular complexity index is 909. The van der Waals surface area contributed by atoms with E-state index in [0.717, 1.165) is 22.6 Å². The number of ether oxygens (including phenoxy) is 2. The SMILES string of the molecule is Cc1ccc(NC(=O)C2CC2C(=O)NCc2ccc3c(c2)OCO3)cc1C. The summed E-state index contributed by atoms with van der Waals surface area (Å²) in [5.74, 6) is 0.706. The Morgan fingerprint density at radius 2 is 1.74 bits per heavy atom. The second-order valence-corrected chi connectivity index (χ2v) is 7.14. The first-order valence-corrected chi connectivity index (χ1v) is 9.05. The van der Waals surface area contributed by atoms with Crippen LogP contribution in [-0.2, 0) is 16.1 Å². The number of anilines is 1. The number of rotatable bonds is 5. The number of benzene rings is 2. The van der Waals surface area contributed by atoms with Gasteiger partial charge in [0.15, 0.2) is 11.5 Å². The van der Waals surface area contributed by atoms with E-state index in [-0.39, 0.29) is 30.4 Å². The van der Waals surface area contributed by atoms with Crippen molar-refractivity contribution >= 4 is 17.5 Å². The van der Waals surface area contributed by atoms with Crippen LogP contribution in [0, 0.1) is 25.7 Å². The second-order valence-electron chi connectivity index (χ2n) is 7.14. The van der Waals surface area contributed by atoms with Crippen LogP contribution in [0.3, 0.4) is 0 Å². The van der Waals surface area contributed by atoms with E-state index in [0.29, 0.717) is 18.7 Å². The van der Waals surface area contributed by atoms with Gasteiger partial charge >= 0.3 is 0 Å². The van der Waals surface area contributed by atoms with Crippen LogP contribution >= 0.6 is 0 Å². The Morgan fingerprint density at radius 1 is 0.963 bits per heavy atom. The van der Waals surface area contributed by atoms with Crippen LogP contribution in [0.25, 0.3) is 0 Å². The average molecular weight is 366 g/mol. The maximum Gasteiger partial charge on any atom is 0.231 e. The summed E-state index contributed by atoms with van der Waals surface area (Å²) in [7, 11) is 0. The Balaban J connectivity index is 1.28. The van der Waals surface area contributed by atoms with Gasteiger partial charge in [-0.3, -0.25) is 9.59 Å². The third-order valence-corrected chi connectivity index (χ3v) is 5.14. The van der Waals surface area contributed by atoms with E-state index in [1.54, 1.807) is 0 Å². The fourth-order valence-electron chi connectivity index (χ4n) is 3.20. The molecule has 1 aliphatic heterocycles. The third kappa shape index (κ3) is 3.74. The van der Waals surface area contributed by atoms with E-state index >= 15 is 0 Å². The van der Waals surface area contributed by atoms with Crippen LogP contribution in [0.4, 0.5) is 5.69 Å². The van der Waals surface area contributed by atoms with Crippen LogP contribution < -0.4 is 20.1 Å². The van der Waals surface area contributed by atoms with Crippen molar-refractivity contribution in [2.45, 2.75) is 26.8 Å². The number of hydrogen-bond donors (Lipinski definition) is 2. The molecular weight excluding hydrogens is 344 g/mol. The molecule has 2 amide bonds. The molecule has 2 atom stereocenters. The maximum absolute atomic E-state index is 12.4. The first-order valence-electron chi connectivity index (χ1n) is 9.05. The van der Waals surface area contributed by atoms with Gasteiger partial charge in [-0.1, -0.05) is 12.1 Å². The summed E-state index contributed by atoms with van der Waals surface area (Å²) < 4.78 is 10.6. The Morgan fingerprint density at radius 3 is 2.56 bits per heavy atom. The van der Waals surface area contributed by atoms with Crippen molar-refractivity contribution in [3.05, 3.63) is 53.1 Å². The van der Waals surface area contributed by atoms with Gasteiger partial charge in [-0.05, 0) is 61.2 Å². The highest BCUT2D eigenvalue weighted by atomic mass is 16.7. The van der Waals surface area contributed by atoms with Crippen molar-refractivity contribution in [2.75, 3.05) is 12.1 Å². The minimum absolute atomic E-state index is 0.0899. The van der Waals surface area contributed by atoms with E-state index in [1.165, 1.54) is 5.56 Å². The highest BCUT2D eigenvalue weighted by Gasteiger charge is 2.47. The molecule has 27 heavy (non-hydrogen) atoms. The van der Waals surface area contributed by atoms with Gasteiger partial charge in [0.2, 0.25) is 18.6 Å². The van der Waals surface area contributed by atoms with Crippen molar-refractivity contribution in [1.82, 2.24) is 5.32 Å². The Hall–Kier alpha value is -3.02. The lowest BCUT2D eigenvalue weighted by Crippen LogP contribution is -2.27. The smallest absolute Gasteiger partial charge is 0.231 e. The molecule has 1 heterocycles. The quantitative estimate of drug-likeness (QED) is 0.853. The van der Waals surface area contributed by atoms with Gasteiger partial charge < -0.3 is 20.1 Å². The normalized spacial score (nSPS) is 19.5. The molecule has 1 aliphatic carbocycles. The molecule has 6 heteroatoms. The summed E-state index contributed by atoms with van der Waals surface area (Å²) in [5.41, 5.74) is 4.01. The number of amides is 2. The topological polar surface area (TPSA) is 76.7 Å². The minimum atomic E-state index is -0.261. The number of fused-ring (bicyclic) bond motifs is 1. The molecule has 0 saturated heterocycles. The van der Waals surface area contributed by atoms with E-state index < -0.39 is 0 Å². The second kappa shape index (κ2) is 6.95. The molecule has 1 fully saturated rings. The molecule has 4 rings (SSSR count). The molecule has 0 spiro atoms.